The Morgan fingerprint density at radius 3 is 2.27 bits per heavy atom. The van der Waals surface area contributed by atoms with E-state index in [1.807, 2.05) is 0 Å². The summed E-state index contributed by atoms with van der Waals surface area (Å²) in [6.07, 6.45) is 9.99. The van der Waals surface area contributed by atoms with Crippen LogP contribution in [-0.2, 0) is 4.74 Å². The molecule has 1 atom stereocenters. The molecule has 1 saturated carbocycles. The van der Waals surface area contributed by atoms with Gasteiger partial charge in [-0.3, -0.25) is 0 Å². The van der Waals surface area contributed by atoms with Crippen LogP contribution in [0.25, 0.3) is 0 Å². The van der Waals surface area contributed by atoms with Gasteiger partial charge in [0.2, 0.25) is 0 Å². The summed E-state index contributed by atoms with van der Waals surface area (Å²) in [5.41, 5.74) is 0.169. The fraction of sp³-hybridized carbons (Fsp3) is 0.636. The number of carbonyl (C=O) groups excluding carboxylic acids is 1. The Hall–Kier alpha value is -1.84. The lowest BCUT2D eigenvalue weighted by Crippen LogP contribution is -2.29. The molecule has 1 unspecified atom stereocenters. The number of ether oxygens (including phenoxy) is 1. The Balaban J connectivity index is 2.04. The van der Waals surface area contributed by atoms with Crippen LogP contribution < -0.4 is 0 Å². The van der Waals surface area contributed by atoms with E-state index in [-0.39, 0.29) is 17.2 Å². The molecule has 1 aromatic rings. The molecule has 0 aliphatic heterocycles. The third kappa shape index (κ3) is 6.15. The monoisotopic (exact) mass is 360 g/mol. The standard InChI is InChI=1S/C22H32O4/c1-16(2)10-6-9-15-20(17-11-4-3-5-12-17)26-22(25)19-14-8-7-13-18(19)21(23)24/h7-8,13-14,16-17,20H,3-6,9-12,15H2,1-2H3,(H,23,24). The minimum atomic E-state index is -1.09. The second-order valence-corrected chi connectivity index (χ2v) is 7.87. The number of rotatable bonds is 9. The minimum Gasteiger partial charge on any atom is -0.478 e. The van der Waals surface area contributed by atoms with E-state index < -0.39 is 11.9 Å². The van der Waals surface area contributed by atoms with Gasteiger partial charge in [-0.2, -0.15) is 0 Å². The first kappa shape index (κ1) is 20.5. The Bertz CT molecular complexity index is 588. The number of unbranched alkanes of at least 4 members (excludes halogenated alkanes) is 1. The molecule has 0 saturated heterocycles. The van der Waals surface area contributed by atoms with E-state index in [1.54, 1.807) is 18.2 Å². The summed E-state index contributed by atoms with van der Waals surface area (Å²) < 4.78 is 5.87. The lowest BCUT2D eigenvalue weighted by Gasteiger charge is -2.30. The van der Waals surface area contributed by atoms with Crippen LogP contribution in [0.15, 0.2) is 24.3 Å². The van der Waals surface area contributed by atoms with E-state index in [2.05, 4.69) is 13.8 Å². The summed E-state index contributed by atoms with van der Waals surface area (Å²) in [4.78, 5) is 24.1. The smallest absolute Gasteiger partial charge is 0.339 e. The number of hydrogen-bond donors (Lipinski definition) is 1. The first-order valence-electron chi connectivity index (χ1n) is 10.0. The summed E-state index contributed by atoms with van der Waals surface area (Å²) in [6, 6.07) is 6.31. The lowest BCUT2D eigenvalue weighted by atomic mass is 9.83. The van der Waals surface area contributed by atoms with Crippen LogP contribution in [0.4, 0.5) is 0 Å². The van der Waals surface area contributed by atoms with E-state index in [1.165, 1.54) is 31.7 Å². The molecular weight excluding hydrogens is 328 g/mol. The van der Waals surface area contributed by atoms with Crippen molar-refractivity contribution in [1.29, 1.82) is 0 Å². The fourth-order valence-corrected chi connectivity index (χ4v) is 3.84. The van der Waals surface area contributed by atoms with Gasteiger partial charge in [0.15, 0.2) is 0 Å². The van der Waals surface area contributed by atoms with Crippen molar-refractivity contribution < 1.29 is 19.4 Å². The van der Waals surface area contributed by atoms with Crippen molar-refractivity contribution >= 4 is 11.9 Å². The van der Waals surface area contributed by atoms with Crippen molar-refractivity contribution in [3.05, 3.63) is 35.4 Å². The third-order valence-electron chi connectivity index (χ3n) is 5.33. The zero-order chi connectivity index (χ0) is 18.9. The van der Waals surface area contributed by atoms with Crippen molar-refractivity contribution in [2.75, 3.05) is 0 Å². The van der Waals surface area contributed by atoms with Crippen molar-refractivity contribution in [3.8, 4) is 0 Å². The van der Waals surface area contributed by atoms with E-state index >= 15 is 0 Å². The Morgan fingerprint density at radius 1 is 1.04 bits per heavy atom. The molecule has 1 aliphatic rings. The van der Waals surface area contributed by atoms with Crippen LogP contribution in [0.2, 0.25) is 0 Å². The van der Waals surface area contributed by atoms with Gasteiger partial charge in [-0.15, -0.1) is 0 Å². The van der Waals surface area contributed by atoms with Crippen LogP contribution in [0.5, 0.6) is 0 Å². The van der Waals surface area contributed by atoms with Gasteiger partial charge in [0.1, 0.15) is 6.10 Å². The number of carboxylic acids is 1. The second-order valence-electron chi connectivity index (χ2n) is 7.87. The molecule has 1 aromatic carbocycles. The van der Waals surface area contributed by atoms with Crippen molar-refractivity contribution in [2.45, 2.75) is 77.7 Å². The molecule has 0 amide bonds. The summed E-state index contributed by atoms with van der Waals surface area (Å²) in [5.74, 6) is -0.497. The number of hydrogen-bond acceptors (Lipinski definition) is 3. The van der Waals surface area contributed by atoms with E-state index in [9.17, 15) is 14.7 Å². The van der Waals surface area contributed by atoms with E-state index in [4.69, 9.17) is 4.74 Å². The molecular formula is C22H32O4. The average Bonchev–Trinajstić information content (AvgIpc) is 2.64. The van der Waals surface area contributed by atoms with Gasteiger partial charge in [0.25, 0.3) is 0 Å². The van der Waals surface area contributed by atoms with Crippen LogP contribution >= 0.6 is 0 Å². The third-order valence-corrected chi connectivity index (χ3v) is 5.33. The van der Waals surface area contributed by atoms with Gasteiger partial charge in [0, 0.05) is 0 Å². The van der Waals surface area contributed by atoms with Gasteiger partial charge < -0.3 is 9.84 Å². The molecule has 0 aromatic heterocycles. The van der Waals surface area contributed by atoms with Crippen LogP contribution in [0.3, 0.4) is 0 Å². The minimum absolute atomic E-state index is 0.0136. The molecule has 2 rings (SSSR count). The molecule has 0 heterocycles. The van der Waals surface area contributed by atoms with Crippen LogP contribution in [0, 0.1) is 11.8 Å². The highest BCUT2D eigenvalue weighted by Gasteiger charge is 2.28. The van der Waals surface area contributed by atoms with Gasteiger partial charge in [-0.25, -0.2) is 9.59 Å². The maximum Gasteiger partial charge on any atom is 0.339 e. The van der Waals surface area contributed by atoms with Gasteiger partial charge in [-0.05, 0) is 49.7 Å². The SMILES string of the molecule is CC(C)CCCCC(OC(=O)c1ccccc1C(=O)O)C1CCCCC1. The molecule has 144 valence electrons. The number of esters is 1. The number of aromatic carboxylic acids is 1. The number of benzene rings is 1. The highest BCUT2D eigenvalue weighted by molar-refractivity contribution is 6.02. The molecule has 4 heteroatoms. The molecule has 4 nitrogen and oxygen atoms in total. The molecule has 0 bridgehead atoms. The first-order valence-corrected chi connectivity index (χ1v) is 10.0. The summed E-state index contributed by atoms with van der Waals surface area (Å²) >= 11 is 0. The average molecular weight is 360 g/mol. The quantitative estimate of drug-likeness (QED) is 0.453. The fourth-order valence-electron chi connectivity index (χ4n) is 3.84. The zero-order valence-corrected chi connectivity index (χ0v) is 16.1. The van der Waals surface area contributed by atoms with Crippen LogP contribution in [-0.4, -0.2) is 23.1 Å². The summed E-state index contributed by atoms with van der Waals surface area (Å²) in [7, 11) is 0. The number of carboxylic acid groups (broad SMARTS) is 1. The molecule has 1 fully saturated rings. The Labute approximate surface area is 156 Å². The topological polar surface area (TPSA) is 63.6 Å². The maximum atomic E-state index is 12.7. The Kier molecular flexibility index (Phi) is 8.14. The predicted molar refractivity (Wildman–Crippen MR) is 102 cm³/mol. The highest BCUT2D eigenvalue weighted by atomic mass is 16.5. The second kappa shape index (κ2) is 10.3. The molecule has 1 N–H and O–H groups in total. The lowest BCUT2D eigenvalue weighted by molar-refractivity contribution is 0.00358. The summed E-state index contributed by atoms with van der Waals surface area (Å²) in [6.45, 7) is 4.45. The molecule has 1 aliphatic carbocycles. The zero-order valence-electron chi connectivity index (χ0n) is 16.1. The first-order chi connectivity index (χ1) is 12.5. The largest absolute Gasteiger partial charge is 0.478 e. The van der Waals surface area contributed by atoms with Crippen LogP contribution in [0.1, 0.15) is 92.4 Å². The van der Waals surface area contributed by atoms with Gasteiger partial charge >= 0.3 is 11.9 Å². The molecule has 0 radical (unpaired) electrons. The molecule has 26 heavy (non-hydrogen) atoms. The highest BCUT2D eigenvalue weighted by Crippen LogP contribution is 2.31. The van der Waals surface area contributed by atoms with Crippen molar-refractivity contribution in [1.82, 2.24) is 0 Å². The van der Waals surface area contributed by atoms with Gasteiger partial charge in [-0.1, -0.05) is 58.1 Å². The Morgan fingerprint density at radius 2 is 1.65 bits per heavy atom. The summed E-state index contributed by atoms with van der Waals surface area (Å²) in [5, 5.41) is 9.31. The molecule has 0 spiro atoms. The van der Waals surface area contributed by atoms with Crippen molar-refractivity contribution in [3.63, 3.8) is 0 Å². The van der Waals surface area contributed by atoms with E-state index in [0.29, 0.717) is 11.8 Å². The van der Waals surface area contributed by atoms with Gasteiger partial charge in [0.05, 0.1) is 11.1 Å². The predicted octanol–water partition coefficient (Wildman–Crippen LogP) is 5.71. The van der Waals surface area contributed by atoms with Crippen molar-refractivity contribution in [2.24, 2.45) is 11.8 Å². The van der Waals surface area contributed by atoms with E-state index in [0.717, 1.165) is 32.1 Å². The number of carbonyl (C=O) groups is 2. The normalized spacial score (nSPS) is 16.4. The maximum absolute atomic E-state index is 12.7.